The first kappa shape index (κ1) is 15.0. The first-order valence-corrected chi connectivity index (χ1v) is 7.35. The van der Waals surface area contributed by atoms with E-state index in [1.807, 2.05) is 43.3 Å². The highest BCUT2D eigenvalue weighted by Gasteiger charge is 2.32. The van der Waals surface area contributed by atoms with Crippen LogP contribution in [0.1, 0.15) is 12.5 Å². The van der Waals surface area contributed by atoms with Gasteiger partial charge in [0.05, 0.1) is 6.54 Å². The Morgan fingerprint density at radius 1 is 1.35 bits per heavy atom. The van der Waals surface area contributed by atoms with Crippen LogP contribution in [0.4, 0.5) is 4.79 Å². The van der Waals surface area contributed by atoms with Crippen molar-refractivity contribution in [3.63, 3.8) is 0 Å². The van der Waals surface area contributed by atoms with Crippen LogP contribution in [0.2, 0.25) is 0 Å². The second kappa shape index (κ2) is 6.48. The monoisotopic (exact) mass is 311 g/mol. The average Bonchev–Trinajstić information content (AvgIpc) is 2.57. The van der Waals surface area contributed by atoms with E-state index >= 15 is 0 Å². The number of nitrogens with one attached hydrogen (secondary N) is 1. The van der Waals surface area contributed by atoms with Crippen molar-refractivity contribution in [3.05, 3.63) is 59.8 Å². The lowest BCUT2D eigenvalue weighted by molar-refractivity contribution is -0.127. The zero-order chi connectivity index (χ0) is 16.2. The molecule has 23 heavy (non-hydrogen) atoms. The summed E-state index contributed by atoms with van der Waals surface area (Å²) in [6.45, 7) is 2.27. The Labute approximate surface area is 134 Å². The molecule has 1 atom stereocenters. The van der Waals surface area contributed by atoms with E-state index in [-0.39, 0.29) is 19.1 Å². The third kappa shape index (κ3) is 3.48. The van der Waals surface area contributed by atoms with Gasteiger partial charge in [0.25, 0.3) is 5.91 Å². The van der Waals surface area contributed by atoms with Gasteiger partial charge in [-0.25, -0.2) is 4.79 Å². The molecule has 0 saturated carbocycles. The number of amidine groups is 1. The number of hydrogen-bond donors (Lipinski definition) is 1. The molecule has 0 aliphatic carbocycles. The highest BCUT2D eigenvalue weighted by Crippen LogP contribution is 2.15. The molecule has 0 fully saturated rings. The van der Waals surface area contributed by atoms with Gasteiger partial charge in [0, 0.05) is 6.20 Å². The number of amides is 2. The molecule has 2 aliphatic rings. The smallest absolute Gasteiger partial charge is 0.408 e. The summed E-state index contributed by atoms with van der Waals surface area (Å²) >= 11 is 0. The molecule has 0 spiro atoms. The lowest BCUT2D eigenvalue weighted by Crippen LogP contribution is -2.53. The van der Waals surface area contributed by atoms with E-state index in [1.165, 1.54) is 4.90 Å². The number of carbonyl (C=O) groups is 2. The van der Waals surface area contributed by atoms with Crippen LogP contribution < -0.4 is 5.32 Å². The van der Waals surface area contributed by atoms with Crippen molar-refractivity contribution in [2.24, 2.45) is 4.99 Å². The number of alkyl carbamates (subject to hydrolysis) is 1. The van der Waals surface area contributed by atoms with E-state index in [0.29, 0.717) is 5.84 Å². The Balaban J connectivity index is 1.58. The maximum Gasteiger partial charge on any atom is 0.408 e. The van der Waals surface area contributed by atoms with E-state index < -0.39 is 12.1 Å². The number of benzene rings is 1. The molecule has 0 saturated heterocycles. The van der Waals surface area contributed by atoms with Crippen LogP contribution in [0.5, 0.6) is 0 Å². The zero-order valence-electron chi connectivity index (χ0n) is 12.7. The third-order valence-corrected chi connectivity index (χ3v) is 3.55. The van der Waals surface area contributed by atoms with Crippen LogP contribution in [0, 0.1) is 0 Å². The zero-order valence-corrected chi connectivity index (χ0v) is 12.7. The summed E-state index contributed by atoms with van der Waals surface area (Å²) in [5, 5.41) is 2.57. The van der Waals surface area contributed by atoms with Gasteiger partial charge in [-0.05, 0) is 24.1 Å². The van der Waals surface area contributed by atoms with Crippen LogP contribution >= 0.6 is 0 Å². The van der Waals surface area contributed by atoms with E-state index in [2.05, 4.69) is 10.3 Å². The van der Waals surface area contributed by atoms with Crippen LogP contribution in [0.3, 0.4) is 0 Å². The van der Waals surface area contributed by atoms with E-state index in [4.69, 9.17) is 4.74 Å². The Morgan fingerprint density at radius 2 is 2.13 bits per heavy atom. The summed E-state index contributed by atoms with van der Waals surface area (Å²) in [5.74, 6) is 0.381. The second-order valence-electron chi connectivity index (χ2n) is 5.37. The van der Waals surface area contributed by atoms with Crippen LogP contribution in [0.15, 0.2) is 59.2 Å². The van der Waals surface area contributed by atoms with Gasteiger partial charge in [0.15, 0.2) is 0 Å². The first-order chi connectivity index (χ1) is 11.1. The highest BCUT2D eigenvalue weighted by molar-refractivity contribution is 6.10. The number of hydrogen-bond acceptors (Lipinski definition) is 4. The Kier molecular flexibility index (Phi) is 4.23. The minimum atomic E-state index is -0.711. The number of fused-ring (bicyclic) bond motifs is 1. The van der Waals surface area contributed by atoms with Crippen molar-refractivity contribution >= 4 is 17.8 Å². The molecule has 0 radical (unpaired) electrons. The van der Waals surface area contributed by atoms with Crippen LogP contribution in [-0.2, 0) is 16.1 Å². The molecule has 1 aromatic carbocycles. The summed E-state index contributed by atoms with van der Waals surface area (Å²) in [6.07, 6.45) is 4.77. The van der Waals surface area contributed by atoms with Crippen LogP contribution in [0.25, 0.3) is 0 Å². The maximum atomic E-state index is 12.4. The normalized spacial score (nSPS) is 19.6. The predicted octanol–water partition coefficient (Wildman–Crippen LogP) is 2.00. The van der Waals surface area contributed by atoms with Gasteiger partial charge >= 0.3 is 6.09 Å². The molecule has 2 heterocycles. The molecule has 0 unspecified atom stereocenters. The third-order valence-electron chi connectivity index (χ3n) is 3.55. The molecule has 6 heteroatoms. The number of rotatable bonds is 3. The van der Waals surface area contributed by atoms with E-state index in [1.54, 1.807) is 12.3 Å². The summed E-state index contributed by atoms with van der Waals surface area (Å²) in [5.41, 5.74) is 1.84. The topological polar surface area (TPSA) is 71.0 Å². The van der Waals surface area contributed by atoms with Crippen molar-refractivity contribution in [1.29, 1.82) is 0 Å². The van der Waals surface area contributed by atoms with Crippen molar-refractivity contribution in [2.45, 2.75) is 19.6 Å². The average molecular weight is 311 g/mol. The molecule has 6 nitrogen and oxygen atoms in total. The fourth-order valence-electron chi connectivity index (χ4n) is 2.35. The Morgan fingerprint density at radius 3 is 2.91 bits per heavy atom. The Bertz CT molecular complexity index is 707. The summed E-state index contributed by atoms with van der Waals surface area (Å²) in [6, 6.07) is 8.65. The number of carbonyl (C=O) groups excluding carboxylic acids is 2. The minimum Gasteiger partial charge on any atom is -0.445 e. The summed E-state index contributed by atoms with van der Waals surface area (Å²) in [4.78, 5) is 30.1. The number of nitrogens with zero attached hydrogens (tertiary/aromatic N) is 2. The van der Waals surface area contributed by atoms with Gasteiger partial charge < -0.3 is 10.1 Å². The lowest BCUT2D eigenvalue weighted by atomic mass is 10.1. The van der Waals surface area contributed by atoms with E-state index in [9.17, 15) is 9.59 Å². The molecule has 1 N–H and O–H groups in total. The predicted molar refractivity (Wildman–Crippen MR) is 85.6 cm³/mol. The standard InChI is InChI=1S/C17H17N3O3/c1-12-7-8-15-18-9-14(16(21)20(15)10-12)19-17(22)23-11-13-5-3-2-4-6-13/h2-8,10,14H,9,11H2,1H3,(H,19,22)/t14-/m0/s1. The van der Waals surface area contributed by atoms with Crippen molar-refractivity contribution in [2.75, 3.05) is 6.54 Å². The second-order valence-corrected chi connectivity index (χ2v) is 5.37. The van der Waals surface area contributed by atoms with Crippen molar-refractivity contribution < 1.29 is 14.3 Å². The Hall–Kier alpha value is -2.89. The van der Waals surface area contributed by atoms with Gasteiger partial charge in [0.2, 0.25) is 0 Å². The van der Waals surface area contributed by atoms with E-state index in [0.717, 1.165) is 11.1 Å². The first-order valence-electron chi connectivity index (χ1n) is 7.35. The van der Waals surface area contributed by atoms with Gasteiger partial charge in [-0.3, -0.25) is 14.7 Å². The quantitative estimate of drug-likeness (QED) is 0.928. The van der Waals surface area contributed by atoms with Crippen molar-refractivity contribution in [1.82, 2.24) is 10.2 Å². The van der Waals surface area contributed by atoms with Crippen molar-refractivity contribution in [3.8, 4) is 0 Å². The van der Waals surface area contributed by atoms with Gasteiger partial charge in [-0.1, -0.05) is 36.4 Å². The van der Waals surface area contributed by atoms with Gasteiger partial charge in [0.1, 0.15) is 18.5 Å². The number of ether oxygens (including phenoxy) is 1. The molecule has 3 rings (SSSR count). The fourth-order valence-corrected chi connectivity index (χ4v) is 2.35. The molecule has 1 aromatic rings. The SMILES string of the molecule is CC1=CN2C(=O)[C@@H](NC(=O)OCc3ccccc3)CN=C2C=C1. The largest absolute Gasteiger partial charge is 0.445 e. The lowest BCUT2D eigenvalue weighted by Gasteiger charge is -2.30. The molecular weight excluding hydrogens is 294 g/mol. The molecule has 2 amide bonds. The number of aliphatic imine (C=N–C) groups is 1. The minimum absolute atomic E-state index is 0.160. The number of allylic oxidation sites excluding steroid dienone is 2. The van der Waals surface area contributed by atoms with Gasteiger partial charge in [-0.2, -0.15) is 0 Å². The maximum absolute atomic E-state index is 12.4. The molecule has 118 valence electrons. The van der Waals surface area contributed by atoms with Gasteiger partial charge in [-0.15, -0.1) is 0 Å². The highest BCUT2D eigenvalue weighted by atomic mass is 16.5. The van der Waals surface area contributed by atoms with Crippen LogP contribution in [-0.4, -0.2) is 35.3 Å². The fraction of sp³-hybridized carbons (Fsp3) is 0.235. The summed E-state index contributed by atoms with van der Waals surface area (Å²) in [7, 11) is 0. The molecule has 0 aromatic heterocycles. The molecule has 0 bridgehead atoms. The summed E-state index contributed by atoms with van der Waals surface area (Å²) < 4.78 is 5.14. The molecular formula is C17H17N3O3. The molecule has 2 aliphatic heterocycles.